The maximum absolute atomic E-state index is 12.1. The first-order valence-corrected chi connectivity index (χ1v) is 6.83. The number of amides is 1. The molecule has 20 heavy (non-hydrogen) atoms. The van der Waals surface area contributed by atoms with Gasteiger partial charge in [0.05, 0.1) is 5.56 Å². The molecule has 1 amide bonds. The predicted octanol–water partition coefficient (Wildman–Crippen LogP) is 2.43. The van der Waals surface area contributed by atoms with Crippen LogP contribution < -0.4 is 15.8 Å². The molecule has 3 N–H and O–H groups in total. The second-order valence-corrected chi connectivity index (χ2v) is 4.93. The molecule has 0 aliphatic rings. The van der Waals surface area contributed by atoms with Crippen LogP contribution in [0.4, 0.5) is 5.69 Å². The third kappa shape index (κ3) is 4.04. The second kappa shape index (κ2) is 7.02. The van der Waals surface area contributed by atoms with Crippen molar-refractivity contribution in [3.63, 3.8) is 0 Å². The average Bonchev–Trinajstić information content (AvgIpc) is 2.45. The van der Waals surface area contributed by atoms with Crippen LogP contribution in [0.25, 0.3) is 0 Å². The van der Waals surface area contributed by atoms with Gasteiger partial charge in [0.15, 0.2) is 0 Å². The fourth-order valence-electron chi connectivity index (χ4n) is 1.58. The lowest BCUT2D eigenvalue weighted by atomic mass is 10.2. The van der Waals surface area contributed by atoms with Gasteiger partial charge in [0, 0.05) is 35.2 Å². The minimum Gasteiger partial charge on any atom is -0.492 e. The summed E-state index contributed by atoms with van der Waals surface area (Å²) in [5.74, 6) is 0.440. The van der Waals surface area contributed by atoms with Crippen molar-refractivity contribution in [2.75, 3.05) is 18.5 Å². The summed E-state index contributed by atoms with van der Waals surface area (Å²) in [7, 11) is 0. The van der Waals surface area contributed by atoms with Gasteiger partial charge in [-0.3, -0.25) is 9.78 Å². The maximum atomic E-state index is 12.1. The number of aromatic nitrogens is 1. The summed E-state index contributed by atoms with van der Waals surface area (Å²) in [5, 5.41) is 2.79. The normalized spacial score (nSPS) is 10.1. The summed E-state index contributed by atoms with van der Waals surface area (Å²) in [4.78, 5) is 16.0. The van der Waals surface area contributed by atoms with Crippen LogP contribution in [-0.2, 0) is 0 Å². The SMILES string of the molecule is NCCOc1cccc(NC(=O)c2cncc(Br)c2)c1. The van der Waals surface area contributed by atoms with Crippen molar-refractivity contribution in [3.8, 4) is 5.75 Å². The first-order valence-electron chi connectivity index (χ1n) is 6.04. The number of carbonyl (C=O) groups is 1. The van der Waals surface area contributed by atoms with E-state index in [1.807, 2.05) is 6.07 Å². The summed E-state index contributed by atoms with van der Waals surface area (Å²) in [6, 6.07) is 8.86. The van der Waals surface area contributed by atoms with Crippen molar-refractivity contribution in [1.82, 2.24) is 4.98 Å². The van der Waals surface area contributed by atoms with Crippen molar-refractivity contribution in [2.45, 2.75) is 0 Å². The van der Waals surface area contributed by atoms with Gasteiger partial charge in [0.25, 0.3) is 5.91 Å². The zero-order valence-electron chi connectivity index (χ0n) is 10.7. The average molecular weight is 336 g/mol. The maximum Gasteiger partial charge on any atom is 0.257 e. The lowest BCUT2D eigenvalue weighted by molar-refractivity contribution is 0.102. The number of hydrogen-bond donors (Lipinski definition) is 2. The number of nitrogens with two attached hydrogens (primary N) is 1. The molecule has 2 aromatic rings. The van der Waals surface area contributed by atoms with Crippen molar-refractivity contribution in [3.05, 3.63) is 52.8 Å². The molecule has 0 atom stereocenters. The number of rotatable bonds is 5. The number of hydrogen-bond acceptors (Lipinski definition) is 4. The van der Waals surface area contributed by atoms with Crippen LogP contribution in [0.3, 0.4) is 0 Å². The number of halogens is 1. The number of pyridine rings is 1. The first-order chi connectivity index (χ1) is 9.69. The molecule has 1 aromatic carbocycles. The molecule has 0 aliphatic carbocycles. The molecule has 0 bridgehead atoms. The highest BCUT2D eigenvalue weighted by Gasteiger charge is 2.07. The number of nitrogens with zero attached hydrogens (tertiary/aromatic N) is 1. The minimum absolute atomic E-state index is 0.227. The Kier molecular flexibility index (Phi) is 5.09. The molecule has 0 aliphatic heterocycles. The fraction of sp³-hybridized carbons (Fsp3) is 0.143. The number of carbonyl (C=O) groups excluding carboxylic acids is 1. The molecule has 104 valence electrons. The molecule has 1 aromatic heterocycles. The second-order valence-electron chi connectivity index (χ2n) is 4.01. The van der Waals surface area contributed by atoms with E-state index in [1.165, 1.54) is 6.20 Å². The standard InChI is InChI=1S/C14H14BrN3O2/c15-11-6-10(8-17-9-11)14(19)18-12-2-1-3-13(7-12)20-5-4-16/h1-3,6-9H,4-5,16H2,(H,18,19). The van der Waals surface area contributed by atoms with Gasteiger partial charge in [-0.05, 0) is 34.1 Å². The van der Waals surface area contributed by atoms with Crippen LogP contribution >= 0.6 is 15.9 Å². The molecule has 0 saturated carbocycles. The van der Waals surface area contributed by atoms with Gasteiger partial charge in [-0.1, -0.05) is 6.07 Å². The van der Waals surface area contributed by atoms with E-state index in [4.69, 9.17) is 10.5 Å². The third-order valence-electron chi connectivity index (χ3n) is 2.45. The summed E-state index contributed by atoms with van der Waals surface area (Å²) < 4.78 is 6.16. The summed E-state index contributed by atoms with van der Waals surface area (Å²) in [5.41, 5.74) is 6.52. The minimum atomic E-state index is -0.227. The van der Waals surface area contributed by atoms with E-state index in [2.05, 4.69) is 26.2 Å². The van der Waals surface area contributed by atoms with Crippen LogP contribution in [0.2, 0.25) is 0 Å². The Labute approximate surface area is 125 Å². The molecule has 0 unspecified atom stereocenters. The summed E-state index contributed by atoms with van der Waals surface area (Å²) in [6.07, 6.45) is 3.13. The quantitative estimate of drug-likeness (QED) is 0.879. The Balaban J connectivity index is 2.07. The zero-order chi connectivity index (χ0) is 14.4. The molecular weight excluding hydrogens is 322 g/mol. The molecule has 0 spiro atoms. The van der Waals surface area contributed by atoms with Gasteiger partial charge in [-0.25, -0.2) is 0 Å². The highest BCUT2D eigenvalue weighted by atomic mass is 79.9. The Morgan fingerprint density at radius 2 is 2.20 bits per heavy atom. The predicted molar refractivity (Wildman–Crippen MR) is 80.9 cm³/mol. The van der Waals surface area contributed by atoms with Gasteiger partial charge in [0.2, 0.25) is 0 Å². The van der Waals surface area contributed by atoms with Crippen LogP contribution in [0.15, 0.2) is 47.2 Å². The topological polar surface area (TPSA) is 77.2 Å². The molecule has 1 heterocycles. The van der Waals surface area contributed by atoms with Crippen molar-refractivity contribution < 1.29 is 9.53 Å². The van der Waals surface area contributed by atoms with Crippen LogP contribution in [0.5, 0.6) is 5.75 Å². The van der Waals surface area contributed by atoms with E-state index < -0.39 is 0 Å². The Morgan fingerprint density at radius 3 is 2.95 bits per heavy atom. The third-order valence-corrected chi connectivity index (χ3v) is 2.88. The summed E-state index contributed by atoms with van der Waals surface area (Å²) in [6.45, 7) is 0.882. The molecule has 0 saturated heterocycles. The largest absolute Gasteiger partial charge is 0.492 e. The Bertz CT molecular complexity index is 604. The summed E-state index contributed by atoms with van der Waals surface area (Å²) >= 11 is 3.28. The van der Waals surface area contributed by atoms with Crippen molar-refractivity contribution in [1.29, 1.82) is 0 Å². The molecule has 5 nitrogen and oxygen atoms in total. The number of anilines is 1. The van der Waals surface area contributed by atoms with E-state index >= 15 is 0 Å². The number of ether oxygens (including phenoxy) is 1. The molecule has 6 heteroatoms. The lowest BCUT2D eigenvalue weighted by Crippen LogP contribution is -2.13. The Hall–Kier alpha value is -1.92. The van der Waals surface area contributed by atoms with Gasteiger partial charge in [-0.2, -0.15) is 0 Å². The molecule has 0 radical (unpaired) electrons. The zero-order valence-corrected chi connectivity index (χ0v) is 12.3. The van der Waals surface area contributed by atoms with Crippen molar-refractivity contribution in [2.24, 2.45) is 5.73 Å². The highest BCUT2D eigenvalue weighted by molar-refractivity contribution is 9.10. The lowest BCUT2D eigenvalue weighted by Gasteiger charge is -2.08. The monoisotopic (exact) mass is 335 g/mol. The van der Waals surface area contributed by atoms with E-state index in [0.29, 0.717) is 30.2 Å². The van der Waals surface area contributed by atoms with Gasteiger partial charge in [0.1, 0.15) is 12.4 Å². The van der Waals surface area contributed by atoms with Crippen LogP contribution in [0, 0.1) is 0 Å². The Morgan fingerprint density at radius 1 is 1.35 bits per heavy atom. The van der Waals surface area contributed by atoms with E-state index in [-0.39, 0.29) is 5.91 Å². The van der Waals surface area contributed by atoms with Gasteiger partial charge < -0.3 is 15.8 Å². The van der Waals surface area contributed by atoms with E-state index in [1.54, 1.807) is 30.5 Å². The van der Waals surface area contributed by atoms with Crippen LogP contribution in [0.1, 0.15) is 10.4 Å². The fourth-order valence-corrected chi connectivity index (χ4v) is 1.94. The van der Waals surface area contributed by atoms with Gasteiger partial charge in [-0.15, -0.1) is 0 Å². The van der Waals surface area contributed by atoms with Crippen LogP contribution in [-0.4, -0.2) is 24.0 Å². The van der Waals surface area contributed by atoms with E-state index in [0.717, 1.165) is 4.47 Å². The van der Waals surface area contributed by atoms with Gasteiger partial charge >= 0.3 is 0 Å². The smallest absolute Gasteiger partial charge is 0.257 e. The molecular formula is C14H14BrN3O2. The highest BCUT2D eigenvalue weighted by Crippen LogP contribution is 2.18. The molecule has 2 rings (SSSR count). The van der Waals surface area contributed by atoms with E-state index in [9.17, 15) is 4.79 Å². The molecule has 0 fully saturated rings. The number of benzene rings is 1. The number of nitrogens with one attached hydrogen (secondary N) is 1. The van der Waals surface area contributed by atoms with Crippen molar-refractivity contribution >= 4 is 27.5 Å². The first kappa shape index (κ1) is 14.5.